The zero-order valence-corrected chi connectivity index (χ0v) is 16.2. The minimum atomic E-state index is -0.411. The van der Waals surface area contributed by atoms with Gasteiger partial charge in [-0.15, -0.1) is 0 Å². The van der Waals surface area contributed by atoms with Crippen LogP contribution in [0.15, 0.2) is 91.4 Å². The molecule has 1 aliphatic heterocycles. The number of rotatable bonds is 4. The minimum Gasteiger partial charge on any atom is -0.457 e. The number of aromatic nitrogens is 2. The Morgan fingerprint density at radius 2 is 1.63 bits per heavy atom. The Morgan fingerprint density at radius 1 is 0.900 bits per heavy atom. The molecule has 5 rings (SSSR count). The summed E-state index contributed by atoms with van der Waals surface area (Å²) in [7, 11) is 0. The molecule has 1 amide bonds. The van der Waals surface area contributed by atoms with Gasteiger partial charge in [0.15, 0.2) is 0 Å². The molecular weight excluding hydrogens is 374 g/mol. The van der Waals surface area contributed by atoms with Gasteiger partial charge in [0, 0.05) is 41.8 Å². The van der Waals surface area contributed by atoms with E-state index in [4.69, 9.17) is 4.74 Å². The summed E-state index contributed by atoms with van der Waals surface area (Å²) in [6.07, 6.45) is 5.26. The Kier molecular flexibility index (Phi) is 4.69. The van der Waals surface area contributed by atoms with Crippen LogP contribution in [0.4, 0.5) is 0 Å². The lowest BCUT2D eigenvalue weighted by molar-refractivity contribution is -0.122. The lowest BCUT2D eigenvalue weighted by Gasteiger charge is -2.27. The molecule has 0 aliphatic carbocycles. The van der Waals surface area contributed by atoms with Gasteiger partial charge in [0.05, 0.1) is 11.6 Å². The smallest absolute Gasteiger partial charge is 0.232 e. The van der Waals surface area contributed by atoms with E-state index < -0.39 is 5.92 Å². The van der Waals surface area contributed by atoms with Crippen LogP contribution in [0.3, 0.4) is 0 Å². The average molecular weight is 393 g/mol. The summed E-state index contributed by atoms with van der Waals surface area (Å²) < 4.78 is 5.99. The van der Waals surface area contributed by atoms with Gasteiger partial charge in [0.2, 0.25) is 5.91 Å². The highest BCUT2D eigenvalue weighted by Crippen LogP contribution is 2.43. The summed E-state index contributed by atoms with van der Waals surface area (Å²) in [5.41, 5.74) is 4.50. The largest absolute Gasteiger partial charge is 0.457 e. The monoisotopic (exact) mass is 393 g/mol. The van der Waals surface area contributed by atoms with E-state index in [0.717, 1.165) is 39.4 Å². The number of nitrogens with zero attached hydrogens (tertiary/aromatic N) is 2. The lowest BCUT2D eigenvalue weighted by Crippen LogP contribution is -2.31. The van der Waals surface area contributed by atoms with Gasteiger partial charge in [0.1, 0.15) is 11.5 Å². The number of ether oxygens (including phenoxy) is 1. The zero-order valence-electron chi connectivity index (χ0n) is 16.2. The maximum absolute atomic E-state index is 13.3. The fraction of sp³-hybridized carbons (Fsp3) is 0.0800. The molecule has 0 radical (unpaired) electrons. The first kappa shape index (κ1) is 18.1. The molecule has 5 nitrogen and oxygen atoms in total. The number of fused-ring (bicyclic) bond motifs is 2. The maximum Gasteiger partial charge on any atom is 0.232 e. The Bertz CT molecular complexity index is 1160. The lowest BCUT2D eigenvalue weighted by atomic mass is 9.87. The van der Waals surface area contributed by atoms with Crippen LogP contribution in [0, 0.1) is 0 Å². The second-order valence-electron chi connectivity index (χ2n) is 7.12. The van der Waals surface area contributed by atoms with Crippen molar-refractivity contribution in [3.63, 3.8) is 0 Å². The summed E-state index contributed by atoms with van der Waals surface area (Å²) in [5, 5.41) is 3.09. The van der Waals surface area contributed by atoms with Crippen LogP contribution in [0.25, 0.3) is 11.3 Å². The van der Waals surface area contributed by atoms with Crippen LogP contribution in [0.5, 0.6) is 11.5 Å². The topological polar surface area (TPSA) is 64.1 Å². The molecule has 0 spiro atoms. The van der Waals surface area contributed by atoms with Gasteiger partial charge in [-0.05, 0) is 42.0 Å². The van der Waals surface area contributed by atoms with Crippen molar-refractivity contribution in [3.05, 3.63) is 108 Å². The molecule has 0 bridgehead atoms. The average Bonchev–Trinajstić information content (AvgIpc) is 2.81. The number of pyridine rings is 2. The molecule has 0 unspecified atom stereocenters. The van der Waals surface area contributed by atoms with Crippen molar-refractivity contribution >= 4 is 5.91 Å². The Hall–Kier alpha value is -3.99. The van der Waals surface area contributed by atoms with Crippen LogP contribution in [0.1, 0.15) is 22.6 Å². The number of hydrogen-bond donors (Lipinski definition) is 1. The van der Waals surface area contributed by atoms with Crippen molar-refractivity contribution in [3.8, 4) is 22.8 Å². The summed E-state index contributed by atoms with van der Waals surface area (Å²) in [6, 6.07) is 23.1. The highest BCUT2D eigenvalue weighted by atomic mass is 16.5. The third kappa shape index (κ3) is 3.42. The van der Waals surface area contributed by atoms with E-state index in [9.17, 15) is 4.79 Å². The fourth-order valence-electron chi connectivity index (χ4n) is 3.74. The third-order valence-electron chi connectivity index (χ3n) is 5.19. The molecule has 2 aromatic heterocycles. The first-order valence-corrected chi connectivity index (χ1v) is 9.78. The SMILES string of the molecule is O=C(NCc1ccnc(-c2cccnc2)c1)C1c2ccccc2Oc2ccccc21. The van der Waals surface area contributed by atoms with Crippen molar-refractivity contribution in [2.75, 3.05) is 0 Å². The van der Waals surface area contributed by atoms with Gasteiger partial charge in [-0.3, -0.25) is 14.8 Å². The van der Waals surface area contributed by atoms with Crippen molar-refractivity contribution in [1.82, 2.24) is 15.3 Å². The third-order valence-corrected chi connectivity index (χ3v) is 5.19. The molecule has 146 valence electrons. The van der Waals surface area contributed by atoms with Crippen molar-refractivity contribution in [2.45, 2.75) is 12.5 Å². The summed E-state index contributed by atoms with van der Waals surface area (Å²) in [5.74, 6) is 0.974. The molecule has 0 saturated heterocycles. The quantitative estimate of drug-likeness (QED) is 0.546. The predicted octanol–water partition coefficient (Wildman–Crippen LogP) is 4.70. The van der Waals surface area contributed by atoms with Gasteiger partial charge < -0.3 is 10.1 Å². The number of benzene rings is 2. The second-order valence-corrected chi connectivity index (χ2v) is 7.12. The van der Waals surface area contributed by atoms with E-state index in [-0.39, 0.29) is 5.91 Å². The molecule has 0 fully saturated rings. The molecule has 3 heterocycles. The van der Waals surface area contributed by atoms with Gasteiger partial charge in [-0.2, -0.15) is 0 Å². The normalized spacial score (nSPS) is 12.4. The first-order chi connectivity index (χ1) is 14.8. The van der Waals surface area contributed by atoms with Crippen LogP contribution >= 0.6 is 0 Å². The summed E-state index contributed by atoms with van der Waals surface area (Å²) in [6.45, 7) is 0.413. The van der Waals surface area contributed by atoms with Gasteiger partial charge in [-0.25, -0.2) is 0 Å². The molecule has 5 heteroatoms. The first-order valence-electron chi connectivity index (χ1n) is 9.78. The minimum absolute atomic E-state index is 0.0575. The van der Waals surface area contributed by atoms with Crippen LogP contribution < -0.4 is 10.1 Å². The molecule has 4 aromatic rings. The molecule has 0 atom stereocenters. The Morgan fingerprint density at radius 3 is 2.33 bits per heavy atom. The van der Waals surface area contributed by atoms with Crippen molar-refractivity contribution < 1.29 is 9.53 Å². The van der Waals surface area contributed by atoms with Gasteiger partial charge >= 0.3 is 0 Å². The molecule has 30 heavy (non-hydrogen) atoms. The van der Waals surface area contributed by atoms with Crippen molar-refractivity contribution in [1.29, 1.82) is 0 Å². The highest BCUT2D eigenvalue weighted by Gasteiger charge is 2.32. The van der Waals surface area contributed by atoms with Gasteiger partial charge in [0.25, 0.3) is 0 Å². The van der Waals surface area contributed by atoms with Gasteiger partial charge in [-0.1, -0.05) is 36.4 Å². The van der Waals surface area contributed by atoms with E-state index in [2.05, 4.69) is 15.3 Å². The highest BCUT2D eigenvalue weighted by molar-refractivity contribution is 5.89. The Labute approximate surface area is 174 Å². The summed E-state index contributed by atoms with van der Waals surface area (Å²) >= 11 is 0. The second kappa shape index (κ2) is 7.79. The van der Waals surface area contributed by atoms with Crippen LogP contribution in [0.2, 0.25) is 0 Å². The number of para-hydroxylation sites is 2. The molecule has 2 aromatic carbocycles. The van der Waals surface area contributed by atoms with Crippen LogP contribution in [-0.4, -0.2) is 15.9 Å². The van der Waals surface area contributed by atoms with Crippen molar-refractivity contribution in [2.24, 2.45) is 0 Å². The number of carbonyl (C=O) groups is 1. The van der Waals surface area contributed by atoms with E-state index in [1.54, 1.807) is 18.6 Å². The van der Waals surface area contributed by atoms with E-state index >= 15 is 0 Å². The number of nitrogens with one attached hydrogen (secondary N) is 1. The number of amides is 1. The number of hydrogen-bond acceptors (Lipinski definition) is 4. The fourth-order valence-corrected chi connectivity index (χ4v) is 3.74. The van der Waals surface area contributed by atoms with E-state index in [1.165, 1.54) is 0 Å². The molecule has 0 saturated carbocycles. The maximum atomic E-state index is 13.3. The predicted molar refractivity (Wildman–Crippen MR) is 114 cm³/mol. The standard InChI is InChI=1S/C25H19N3O2/c29-25(28-15-17-11-13-27-21(14-17)18-6-5-12-26-16-18)24-19-7-1-3-9-22(19)30-23-10-4-2-8-20(23)24/h1-14,16,24H,15H2,(H,28,29). The molecular formula is C25H19N3O2. The van der Waals surface area contributed by atoms with E-state index in [1.807, 2.05) is 72.8 Å². The number of carbonyl (C=O) groups excluding carboxylic acids is 1. The zero-order chi connectivity index (χ0) is 20.3. The van der Waals surface area contributed by atoms with Crippen LogP contribution in [-0.2, 0) is 11.3 Å². The molecule has 1 N–H and O–H groups in total. The molecule has 1 aliphatic rings. The summed E-state index contributed by atoms with van der Waals surface area (Å²) in [4.78, 5) is 21.8. The Balaban J connectivity index is 1.39. The van der Waals surface area contributed by atoms with E-state index in [0.29, 0.717) is 6.54 Å².